The number of carboxylic acids is 1. The van der Waals surface area contributed by atoms with E-state index in [1.807, 2.05) is 12.4 Å². The van der Waals surface area contributed by atoms with Gasteiger partial charge in [-0.25, -0.2) is 0 Å². The van der Waals surface area contributed by atoms with Gasteiger partial charge in [-0.05, 0) is 23.8 Å². The molecule has 0 bridgehead atoms. The van der Waals surface area contributed by atoms with Crippen molar-refractivity contribution in [3.8, 4) is 0 Å². The van der Waals surface area contributed by atoms with Crippen molar-refractivity contribution in [2.45, 2.75) is 90.5 Å². The van der Waals surface area contributed by atoms with Crippen LogP contribution in [0.3, 0.4) is 0 Å². The highest BCUT2D eigenvalue weighted by Crippen LogP contribution is 2.35. The van der Waals surface area contributed by atoms with E-state index in [2.05, 4.69) is 25.9 Å². The van der Waals surface area contributed by atoms with Crippen molar-refractivity contribution >= 4 is 5.97 Å². The maximum absolute atomic E-state index is 10.8. The summed E-state index contributed by atoms with van der Waals surface area (Å²) < 4.78 is 1.54. The lowest BCUT2D eigenvalue weighted by molar-refractivity contribution is -0.137. The molecule has 0 fully saturated rings. The van der Waals surface area contributed by atoms with E-state index in [1.165, 1.54) is 50.5 Å². The summed E-state index contributed by atoms with van der Waals surface area (Å²) in [5.41, 5.74) is 1.32. The van der Waals surface area contributed by atoms with Gasteiger partial charge in [0.15, 0.2) is 0 Å². The normalized spacial score (nSPS) is 14.0. The fourth-order valence-corrected chi connectivity index (χ4v) is 3.02. The number of aliphatic carboxylic acids is 1. The van der Waals surface area contributed by atoms with Crippen LogP contribution in [-0.2, 0) is 16.8 Å². The molecule has 0 aliphatic heterocycles. The Balaban J connectivity index is 2.73. The fraction of sp³-hybridized carbons (Fsp3) is 0.778. The van der Waals surface area contributed by atoms with Crippen LogP contribution in [0.15, 0.2) is 12.4 Å². The third-order valence-electron chi connectivity index (χ3n) is 4.54. The predicted molar refractivity (Wildman–Crippen MR) is 90.1 cm³/mol. The Labute approximate surface area is 134 Å². The van der Waals surface area contributed by atoms with E-state index >= 15 is 0 Å². The van der Waals surface area contributed by atoms with Crippen LogP contribution >= 0.6 is 0 Å². The van der Waals surface area contributed by atoms with E-state index in [4.69, 9.17) is 5.11 Å². The third kappa shape index (κ3) is 6.20. The lowest BCUT2D eigenvalue weighted by Gasteiger charge is -2.29. The van der Waals surface area contributed by atoms with Crippen LogP contribution < -0.4 is 0 Å². The number of aromatic nitrogens is 2. The molecule has 4 heteroatoms. The summed E-state index contributed by atoms with van der Waals surface area (Å²) in [5, 5.41) is 13.1. The molecule has 1 aromatic rings. The van der Waals surface area contributed by atoms with Crippen LogP contribution in [0.2, 0.25) is 0 Å². The van der Waals surface area contributed by atoms with Crippen molar-refractivity contribution < 1.29 is 9.90 Å². The first-order chi connectivity index (χ1) is 10.5. The largest absolute Gasteiger partial charge is 0.480 e. The third-order valence-corrected chi connectivity index (χ3v) is 4.54. The molecule has 1 unspecified atom stereocenters. The number of carbonyl (C=O) groups is 1. The minimum Gasteiger partial charge on any atom is -0.480 e. The quantitative estimate of drug-likeness (QED) is 0.565. The lowest BCUT2D eigenvalue weighted by atomic mass is 9.75. The average molecular weight is 308 g/mol. The summed E-state index contributed by atoms with van der Waals surface area (Å²) in [5.74, 6) is -0.842. The van der Waals surface area contributed by atoms with Gasteiger partial charge >= 0.3 is 5.97 Å². The Hall–Kier alpha value is -1.32. The molecule has 22 heavy (non-hydrogen) atoms. The van der Waals surface area contributed by atoms with Gasteiger partial charge < -0.3 is 5.11 Å². The zero-order chi connectivity index (χ0) is 16.4. The number of hydrogen-bond acceptors (Lipinski definition) is 2. The van der Waals surface area contributed by atoms with Gasteiger partial charge in [0.2, 0.25) is 0 Å². The molecular formula is C18H32N2O2. The van der Waals surface area contributed by atoms with E-state index in [-0.39, 0.29) is 12.0 Å². The van der Waals surface area contributed by atoms with Gasteiger partial charge in [0, 0.05) is 6.20 Å². The first-order valence-corrected chi connectivity index (χ1v) is 8.76. The second-order valence-electron chi connectivity index (χ2n) is 6.65. The summed E-state index contributed by atoms with van der Waals surface area (Å²) in [6.07, 6.45) is 14.9. The molecule has 0 aliphatic rings. The highest BCUT2D eigenvalue weighted by Gasteiger charge is 2.27. The minimum absolute atomic E-state index is 0.0547. The smallest absolute Gasteiger partial charge is 0.325 e. The van der Waals surface area contributed by atoms with E-state index in [0.717, 1.165) is 12.8 Å². The van der Waals surface area contributed by atoms with Crippen LogP contribution in [-0.4, -0.2) is 20.9 Å². The molecule has 1 rings (SSSR count). The van der Waals surface area contributed by atoms with Gasteiger partial charge in [0.25, 0.3) is 0 Å². The van der Waals surface area contributed by atoms with E-state index < -0.39 is 5.97 Å². The molecule has 0 aromatic carbocycles. The zero-order valence-corrected chi connectivity index (χ0v) is 14.5. The highest BCUT2D eigenvalue weighted by molar-refractivity contribution is 5.66. The van der Waals surface area contributed by atoms with Crippen LogP contribution in [0, 0.1) is 0 Å². The topological polar surface area (TPSA) is 55.1 Å². The first kappa shape index (κ1) is 18.7. The van der Waals surface area contributed by atoms with Crippen molar-refractivity contribution in [1.29, 1.82) is 0 Å². The maximum atomic E-state index is 10.8. The van der Waals surface area contributed by atoms with Crippen molar-refractivity contribution in [2.75, 3.05) is 0 Å². The molecule has 4 nitrogen and oxygen atoms in total. The number of hydrogen-bond donors (Lipinski definition) is 1. The standard InChI is InChI=1S/C18H32N2O2/c1-4-6-8-10-12-18(3,11-9-7-5-2)16-13-19-20(14-16)15-17(21)22/h13-14H,4-12,15H2,1-3H3,(H,21,22). The molecule has 1 N–H and O–H groups in total. The Morgan fingerprint density at radius 1 is 1.14 bits per heavy atom. The summed E-state index contributed by atoms with van der Waals surface area (Å²) in [7, 11) is 0. The van der Waals surface area contributed by atoms with Crippen molar-refractivity contribution in [2.24, 2.45) is 0 Å². The molecule has 1 heterocycles. The van der Waals surface area contributed by atoms with Crippen LogP contribution in [0.5, 0.6) is 0 Å². The molecule has 0 saturated heterocycles. The Morgan fingerprint density at radius 3 is 2.32 bits per heavy atom. The van der Waals surface area contributed by atoms with E-state index in [1.54, 1.807) is 4.68 Å². The maximum Gasteiger partial charge on any atom is 0.325 e. The average Bonchev–Trinajstić information content (AvgIpc) is 2.92. The van der Waals surface area contributed by atoms with Gasteiger partial charge in [-0.1, -0.05) is 65.7 Å². The summed E-state index contributed by atoms with van der Waals surface area (Å²) in [6.45, 7) is 6.72. The zero-order valence-electron chi connectivity index (χ0n) is 14.5. The van der Waals surface area contributed by atoms with E-state index in [0.29, 0.717) is 0 Å². The summed E-state index contributed by atoms with van der Waals surface area (Å²) >= 11 is 0. The Bertz CT molecular complexity index is 442. The molecule has 1 atom stereocenters. The molecular weight excluding hydrogens is 276 g/mol. The second-order valence-corrected chi connectivity index (χ2v) is 6.65. The number of rotatable bonds is 12. The van der Waals surface area contributed by atoms with Gasteiger partial charge in [0.1, 0.15) is 6.54 Å². The molecule has 0 aliphatic carbocycles. The molecule has 0 spiro atoms. The summed E-state index contributed by atoms with van der Waals surface area (Å²) in [6, 6.07) is 0. The van der Waals surface area contributed by atoms with Crippen molar-refractivity contribution in [3.05, 3.63) is 18.0 Å². The number of carboxylic acid groups (broad SMARTS) is 1. The van der Waals surface area contributed by atoms with Crippen molar-refractivity contribution in [3.63, 3.8) is 0 Å². The lowest BCUT2D eigenvalue weighted by Crippen LogP contribution is -2.21. The van der Waals surface area contributed by atoms with Crippen LogP contribution in [0.4, 0.5) is 0 Å². The molecule has 0 amide bonds. The van der Waals surface area contributed by atoms with Crippen molar-refractivity contribution in [1.82, 2.24) is 9.78 Å². The van der Waals surface area contributed by atoms with Gasteiger partial charge in [-0.3, -0.25) is 9.48 Å². The van der Waals surface area contributed by atoms with Gasteiger partial charge in [-0.15, -0.1) is 0 Å². The summed E-state index contributed by atoms with van der Waals surface area (Å²) in [4.78, 5) is 10.8. The first-order valence-electron chi connectivity index (χ1n) is 8.76. The second kappa shape index (κ2) is 9.65. The molecule has 0 radical (unpaired) electrons. The SMILES string of the molecule is CCCCCCC(C)(CCCCC)c1cnn(CC(=O)O)c1. The molecule has 0 saturated carbocycles. The monoisotopic (exact) mass is 308 g/mol. The predicted octanol–water partition coefficient (Wildman–Crippen LogP) is 4.78. The van der Waals surface area contributed by atoms with Gasteiger partial charge in [0.05, 0.1) is 6.20 Å². The van der Waals surface area contributed by atoms with Gasteiger partial charge in [-0.2, -0.15) is 5.10 Å². The Morgan fingerprint density at radius 2 is 1.73 bits per heavy atom. The fourth-order valence-electron chi connectivity index (χ4n) is 3.02. The number of nitrogens with zero attached hydrogens (tertiary/aromatic N) is 2. The number of unbranched alkanes of at least 4 members (excludes halogenated alkanes) is 5. The molecule has 126 valence electrons. The minimum atomic E-state index is -0.842. The van der Waals surface area contributed by atoms with Crippen LogP contribution in [0.25, 0.3) is 0 Å². The van der Waals surface area contributed by atoms with E-state index in [9.17, 15) is 4.79 Å². The Kier molecular flexibility index (Phi) is 8.21. The highest BCUT2D eigenvalue weighted by atomic mass is 16.4. The van der Waals surface area contributed by atoms with Crippen LogP contribution in [0.1, 0.15) is 84.1 Å². The molecule has 1 aromatic heterocycles.